The van der Waals surface area contributed by atoms with Gasteiger partial charge in [-0.05, 0) is 56.6 Å². The lowest BCUT2D eigenvalue weighted by Crippen LogP contribution is -2.78. The van der Waals surface area contributed by atoms with Crippen molar-refractivity contribution in [3.05, 3.63) is 58.8 Å². The minimum atomic E-state index is -0.554. The number of methoxy groups -OCH3 is 2. The summed E-state index contributed by atoms with van der Waals surface area (Å²) in [6.07, 6.45) is 2.84. The molecule has 1 saturated heterocycles. The molecule has 5 heteroatoms. The molecule has 0 amide bonds. The number of hydrogen-bond acceptors (Lipinski definition) is 4. The molecule has 2 aromatic carbocycles. The predicted molar refractivity (Wildman–Crippen MR) is 119 cm³/mol. The third kappa shape index (κ3) is 1.70. The normalized spacial score (nSPS) is 34.9. The molecule has 4 aliphatic rings. The van der Waals surface area contributed by atoms with Gasteiger partial charge >= 0.3 is 0 Å². The Morgan fingerprint density at radius 3 is 2.81 bits per heavy atom. The van der Waals surface area contributed by atoms with E-state index in [1.807, 2.05) is 7.11 Å². The molecule has 0 radical (unpaired) electrons. The molecule has 1 fully saturated rings. The van der Waals surface area contributed by atoms with Crippen molar-refractivity contribution in [1.29, 1.82) is 0 Å². The predicted octanol–water partition coefficient (Wildman–Crippen LogP) is 3.92. The molecule has 160 valence electrons. The second-order valence-corrected chi connectivity index (χ2v) is 9.92. The third-order valence-corrected chi connectivity index (χ3v) is 9.11. The molecular weight excluding hydrogens is 388 g/mol. The Labute approximate surface area is 182 Å². The highest BCUT2D eigenvalue weighted by atomic mass is 16.5. The van der Waals surface area contributed by atoms with Gasteiger partial charge in [0.2, 0.25) is 0 Å². The SMILES string of the molecule is COc1ccc2c3c1OC1(C)c4[nH]c5ccccc5c4CC4(OC)C(C2)N(C)CCC314. The number of ether oxygens (including phenoxy) is 3. The Hall–Kier alpha value is -2.50. The second kappa shape index (κ2) is 5.45. The largest absolute Gasteiger partial charge is 0.493 e. The molecule has 2 aliphatic carbocycles. The van der Waals surface area contributed by atoms with E-state index < -0.39 is 5.60 Å². The Kier molecular flexibility index (Phi) is 3.19. The first-order valence-electron chi connectivity index (χ1n) is 11.3. The van der Waals surface area contributed by atoms with Gasteiger partial charge in [-0.1, -0.05) is 24.3 Å². The number of benzene rings is 2. The second-order valence-electron chi connectivity index (χ2n) is 9.92. The summed E-state index contributed by atoms with van der Waals surface area (Å²) in [4.78, 5) is 6.29. The van der Waals surface area contributed by atoms with Gasteiger partial charge in [0.15, 0.2) is 17.1 Å². The van der Waals surface area contributed by atoms with Gasteiger partial charge < -0.3 is 24.1 Å². The summed E-state index contributed by atoms with van der Waals surface area (Å²) in [5, 5.41) is 1.28. The standard InChI is InChI=1S/C26H28N2O3/c1-24-23-17(16-7-5-6-8-18(16)27-23)14-26(30-4)20-13-15-9-10-19(29-3)22(31-24)21(15)25(24,26)11-12-28(20)2/h5-10,20,27H,11-14H2,1-4H3. The summed E-state index contributed by atoms with van der Waals surface area (Å²) in [5.41, 5.74) is 5.23. The van der Waals surface area contributed by atoms with Crippen LogP contribution >= 0.6 is 0 Å². The van der Waals surface area contributed by atoms with Crippen LogP contribution in [0, 0.1) is 0 Å². The molecule has 1 spiro atoms. The molecule has 2 bridgehead atoms. The number of para-hydroxylation sites is 1. The molecule has 31 heavy (non-hydrogen) atoms. The molecule has 7 rings (SSSR count). The zero-order chi connectivity index (χ0) is 21.2. The van der Waals surface area contributed by atoms with Crippen molar-refractivity contribution in [2.75, 3.05) is 27.8 Å². The van der Waals surface area contributed by atoms with E-state index >= 15 is 0 Å². The monoisotopic (exact) mass is 416 g/mol. The van der Waals surface area contributed by atoms with Crippen LogP contribution in [0.2, 0.25) is 0 Å². The number of piperidine rings is 1. The van der Waals surface area contributed by atoms with Crippen LogP contribution in [0.5, 0.6) is 11.5 Å². The van der Waals surface area contributed by atoms with E-state index in [1.165, 1.54) is 33.3 Å². The van der Waals surface area contributed by atoms with Crippen molar-refractivity contribution >= 4 is 10.9 Å². The number of rotatable bonds is 2. The van der Waals surface area contributed by atoms with Crippen LogP contribution in [-0.2, 0) is 28.6 Å². The van der Waals surface area contributed by atoms with Crippen LogP contribution < -0.4 is 9.47 Å². The molecule has 4 atom stereocenters. The maximum absolute atomic E-state index is 7.05. The highest BCUT2D eigenvalue weighted by molar-refractivity contribution is 5.86. The van der Waals surface area contributed by atoms with Gasteiger partial charge in [-0.15, -0.1) is 0 Å². The molecule has 1 N–H and O–H groups in total. The van der Waals surface area contributed by atoms with Crippen LogP contribution in [0.3, 0.4) is 0 Å². The van der Waals surface area contributed by atoms with Crippen LogP contribution in [0.25, 0.3) is 10.9 Å². The van der Waals surface area contributed by atoms with Crippen molar-refractivity contribution in [2.45, 2.75) is 48.8 Å². The number of H-pyrrole nitrogens is 1. The number of likely N-dealkylation sites (N-methyl/N-ethyl adjacent to an activating group) is 1. The fraction of sp³-hybridized carbons (Fsp3) is 0.462. The van der Waals surface area contributed by atoms with E-state index in [4.69, 9.17) is 14.2 Å². The minimum Gasteiger partial charge on any atom is -0.493 e. The van der Waals surface area contributed by atoms with Crippen molar-refractivity contribution < 1.29 is 14.2 Å². The Morgan fingerprint density at radius 2 is 2.00 bits per heavy atom. The number of nitrogens with one attached hydrogen (secondary N) is 1. The molecule has 1 aromatic heterocycles. The number of nitrogens with zero attached hydrogens (tertiary/aromatic N) is 1. The van der Waals surface area contributed by atoms with Crippen molar-refractivity contribution in [2.24, 2.45) is 0 Å². The maximum atomic E-state index is 7.05. The molecule has 0 saturated carbocycles. The van der Waals surface area contributed by atoms with E-state index in [0.29, 0.717) is 6.04 Å². The zero-order valence-corrected chi connectivity index (χ0v) is 18.5. The molecule has 2 aliphatic heterocycles. The fourth-order valence-electron chi connectivity index (χ4n) is 7.86. The number of hydrogen-bond donors (Lipinski definition) is 1. The minimum absolute atomic E-state index is 0.267. The molecule has 5 nitrogen and oxygen atoms in total. The van der Waals surface area contributed by atoms with E-state index in [0.717, 1.165) is 37.3 Å². The van der Waals surface area contributed by atoms with E-state index in [1.54, 1.807) is 7.11 Å². The number of likely N-dealkylation sites (tertiary alicyclic amines) is 1. The summed E-state index contributed by atoms with van der Waals surface area (Å²) in [6.45, 7) is 3.31. The van der Waals surface area contributed by atoms with Crippen molar-refractivity contribution in [3.63, 3.8) is 0 Å². The van der Waals surface area contributed by atoms with E-state index in [-0.39, 0.29) is 11.0 Å². The van der Waals surface area contributed by atoms with E-state index in [9.17, 15) is 0 Å². The van der Waals surface area contributed by atoms with Crippen LogP contribution in [0.1, 0.15) is 35.7 Å². The fourth-order valence-corrected chi connectivity index (χ4v) is 7.86. The van der Waals surface area contributed by atoms with Crippen LogP contribution in [0.15, 0.2) is 36.4 Å². The first-order valence-corrected chi connectivity index (χ1v) is 11.3. The van der Waals surface area contributed by atoms with E-state index in [2.05, 4.69) is 60.3 Å². The van der Waals surface area contributed by atoms with Gasteiger partial charge in [-0.25, -0.2) is 0 Å². The lowest BCUT2D eigenvalue weighted by atomic mass is 9.45. The van der Waals surface area contributed by atoms with Gasteiger partial charge in [0, 0.05) is 36.0 Å². The Bertz CT molecular complexity index is 1270. The number of aromatic amines is 1. The van der Waals surface area contributed by atoms with Crippen LogP contribution in [-0.4, -0.2) is 49.3 Å². The Morgan fingerprint density at radius 1 is 1.16 bits per heavy atom. The smallest absolute Gasteiger partial charge is 0.166 e. The van der Waals surface area contributed by atoms with Gasteiger partial charge in [-0.2, -0.15) is 0 Å². The van der Waals surface area contributed by atoms with Gasteiger partial charge in [0.1, 0.15) is 5.60 Å². The highest BCUT2D eigenvalue weighted by Gasteiger charge is 2.77. The average molecular weight is 417 g/mol. The first-order chi connectivity index (χ1) is 15.0. The van der Waals surface area contributed by atoms with Gasteiger partial charge in [-0.3, -0.25) is 0 Å². The lowest BCUT2D eigenvalue weighted by molar-refractivity contribution is -0.210. The molecule has 3 aromatic rings. The quantitative estimate of drug-likeness (QED) is 0.688. The summed E-state index contributed by atoms with van der Waals surface area (Å²) in [7, 11) is 5.91. The first kappa shape index (κ1) is 18.1. The molecule has 3 heterocycles. The zero-order valence-electron chi connectivity index (χ0n) is 18.5. The van der Waals surface area contributed by atoms with Crippen LogP contribution in [0.4, 0.5) is 0 Å². The third-order valence-electron chi connectivity index (χ3n) is 9.11. The average Bonchev–Trinajstić information content (AvgIpc) is 3.28. The summed E-state index contributed by atoms with van der Waals surface area (Å²) in [6, 6.07) is 13.2. The summed E-state index contributed by atoms with van der Waals surface area (Å²) in [5.74, 6) is 1.74. The van der Waals surface area contributed by atoms with Crippen molar-refractivity contribution in [1.82, 2.24) is 9.88 Å². The molecular formula is C26H28N2O3. The van der Waals surface area contributed by atoms with Gasteiger partial charge in [0.25, 0.3) is 0 Å². The topological polar surface area (TPSA) is 46.7 Å². The van der Waals surface area contributed by atoms with Crippen molar-refractivity contribution in [3.8, 4) is 11.5 Å². The number of fused-ring (bicyclic) bond motifs is 4. The lowest BCUT2D eigenvalue weighted by Gasteiger charge is -2.66. The summed E-state index contributed by atoms with van der Waals surface area (Å²) < 4.78 is 19.6. The highest BCUT2D eigenvalue weighted by Crippen LogP contribution is 2.71. The maximum Gasteiger partial charge on any atom is 0.166 e. The summed E-state index contributed by atoms with van der Waals surface area (Å²) >= 11 is 0. The number of aromatic nitrogens is 1. The molecule has 4 unspecified atom stereocenters. The Balaban J connectivity index is 1.66. The van der Waals surface area contributed by atoms with Gasteiger partial charge in [0.05, 0.1) is 18.2 Å².